The van der Waals surface area contributed by atoms with Crippen molar-refractivity contribution >= 4 is 63.0 Å². The maximum atomic E-state index is 8.74. The van der Waals surface area contributed by atoms with E-state index in [1.807, 2.05) is 0 Å². The first-order valence-corrected chi connectivity index (χ1v) is 14.1. The molecule has 0 rings (SSSR count). The van der Waals surface area contributed by atoms with Crippen molar-refractivity contribution in [3.05, 3.63) is 0 Å². The zero-order chi connectivity index (χ0) is 22.8. The monoisotopic (exact) mass is 502 g/mol. The average Bonchev–Trinajstić information content (AvgIpc) is 2.68. The molecule has 8 heteroatoms. The molecule has 0 aliphatic heterocycles. The predicted molar refractivity (Wildman–Crippen MR) is 144 cm³/mol. The van der Waals surface area contributed by atoms with E-state index in [1.54, 1.807) is 0 Å². The molecule has 0 amide bonds. The van der Waals surface area contributed by atoms with Gasteiger partial charge in [0.2, 0.25) is 0 Å². The topological polar surface area (TPSA) is 83.8 Å². The number of rotatable bonds is 22. The molecule has 190 valence electrons. The standard InChI is InChI=1S/C24H50O.Mg.Na.H2O4S.3H/c1-3-5-7-9-11-13-15-17-19-21-23-25-24-22-20-18-16-14-12-10-8-6-4-2;;;1-5(2,3)4;;;/h3-24H2,1-2H3;;;(H2,1,2,3,4);;;. The molecule has 0 aliphatic rings. The molecule has 5 nitrogen and oxygen atoms in total. The Kier molecular flexibility index (Phi) is 44.3. The Balaban J connectivity index is -0.000000501. The first-order valence-electron chi connectivity index (χ1n) is 12.7. The molecule has 0 unspecified atom stereocenters. The summed E-state index contributed by atoms with van der Waals surface area (Å²) in [5.74, 6) is 0. The second-order valence-electron chi connectivity index (χ2n) is 8.42. The molecule has 0 fully saturated rings. The first kappa shape index (κ1) is 40.8. The predicted octanol–water partition coefficient (Wildman–Crippen LogP) is 6.63. The second-order valence-corrected chi connectivity index (χ2v) is 9.32. The normalized spacial score (nSPS) is 10.6. The van der Waals surface area contributed by atoms with Gasteiger partial charge in [0.05, 0.1) is 0 Å². The van der Waals surface area contributed by atoms with E-state index in [2.05, 4.69) is 13.8 Å². The van der Waals surface area contributed by atoms with Gasteiger partial charge in [0.15, 0.2) is 0 Å². The molecule has 0 aromatic carbocycles. The van der Waals surface area contributed by atoms with E-state index in [9.17, 15) is 0 Å². The maximum absolute atomic E-state index is 8.74. The van der Waals surface area contributed by atoms with Crippen LogP contribution in [0.4, 0.5) is 0 Å². The van der Waals surface area contributed by atoms with Gasteiger partial charge in [-0.3, -0.25) is 9.11 Å². The molecule has 0 saturated carbocycles. The molecule has 0 aromatic rings. The molecule has 32 heavy (non-hydrogen) atoms. The summed E-state index contributed by atoms with van der Waals surface area (Å²) in [5.41, 5.74) is 0. The Hall–Kier alpha value is 1.60. The van der Waals surface area contributed by atoms with E-state index < -0.39 is 10.4 Å². The second kappa shape index (κ2) is 34.8. The van der Waals surface area contributed by atoms with Crippen LogP contribution < -0.4 is 0 Å². The molecule has 0 saturated heterocycles. The van der Waals surface area contributed by atoms with E-state index in [0.29, 0.717) is 0 Å². The van der Waals surface area contributed by atoms with Gasteiger partial charge in [0.25, 0.3) is 0 Å². The molecular weight excluding hydrogens is 448 g/mol. The van der Waals surface area contributed by atoms with E-state index in [0.717, 1.165) is 13.2 Å². The summed E-state index contributed by atoms with van der Waals surface area (Å²) in [4.78, 5) is 0. The molecule has 0 spiro atoms. The number of ether oxygens (including phenoxy) is 1. The third-order valence-corrected chi connectivity index (χ3v) is 5.28. The van der Waals surface area contributed by atoms with Crippen molar-refractivity contribution in [1.29, 1.82) is 0 Å². The fraction of sp³-hybridized carbons (Fsp3) is 1.00. The van der Waals surface area contributed by atoms with Crippen LogP contribution in [-0.2, 0) is 15.1 Å². The summed E-state index contributed by atoms with van der Waals surface area (Å²) in [6, 6.07) is 0. The van der Waals surface area contributed by atoms with E-state index >= 15 is 0 Å². The first-order chi connectivity index (χ1) is 14.4. The van der Waals surface area contributed by atoms with Crippen LogP contribution in [0.15, 0.2) is 0 Å². The molecular formula is C24H55MgNaO5S. The van der Waals surface area contributed by atoms with Gasteiger partial charge in [-0.1, -0.05) is 129 Å². The Morgan fingerprint density at radius 1 is 0.500 bits per heavy atom. The SMILES string of the molecule is CCCCCCCCCCCCOCCCCCCCCCCCC.O=S(=O)(O)O.[MgH2].[NaH]. The average molecular weight is 503 g/mol. The minimum atomic E-state index is -4.67. The Morgan fingerprint density at radius 3 is 0.906 bits per heavy atom. The molecule has 0 aliphatic carbocycles. The van der Waals surface area contributed by atoms with Crippen molar-refractivity contribution in [2.45, 2.75) is 142 Å². The molecule has 2 N–H and O–H groups in total. The van der Waals surface area contributed by atoms with Gasteiger partial charge in [-0.2, -0.15) is 8.42 Å². The Bertz CT molecular complexity index is 381. The van der Waals surface area contributed by atoms with Crippen molar-refractivity contribution < 1.29 is 22.3 Å². The van der Waals surface area contributed by atoms with Gasteiger partial charge in [0.1, 0.15) is 0 Å². The number of unbranched alkanes of at least 4 members (excludes halogenated alkanes) is 18. The summed E-state index contributed by atoms with van der Waals surface area (Å²) >= 11 is 0. The van der Waals surface area contributed by atoms with Crippen LogP contribution in [0.5, 0.6) is 0 Å². The van der Waals surface area contributed by atoms with E-state index in [1.165, 1.54) is 128 Å². The fourth-order valence-electron chi connectivity index (χ4n) is 3.49. The van der Waals surface area contributed by atoms with Gasteiger partial charge in [-0.05, 0) is 12.8 Å². The Labute approximate surface area is 239 Å². The van der Waals surface area contributed by atoms with Gasteiger partial charge < -0.3 is 4.74 Å². The van der Waals surface area contributed by atoms with Crippen LogP contribution in [-0.4, -0.2) is 83.3 Å². The summed E-state index contributed by atoms with van der Waals surface area (Å²) in [7, 11) is -4.67. The zero-order valence-corrected chi connectivity index (χ0v) is 20.9. The van der Waals surface area contributed by atoms with Crippen molar-refractivity contribution in [3.8, 4) is 0 Å². The molecule has 0 radical (unpaired) electrons. The van der Waals surface area contributed by atoms with E-state index in [-0.39, 0.29) is 52.6 Å². The van der Waals surface area contributed by atoms with Crippen LogP contribution in [0.2, 0.25) is 0 Å². The van der Waals surface area contributed by atoms with Gasteiger partial charge in [0, 0.05) is 13.2 Å². The van der Waals surface area contributed by atoms with Crippen molar-refractivity contribution in [3.63, 3.8) is 0 Å². The van der Waals surface area contributed by atoms with Crippen LogP contribution in [0.3, 0.4) is 0 Å². The van der Waals surface area contributed by atoms with Gasteiger partial charge in [-0.15, -0.1) is 0 Å². The summed E-state index contributed by atoms with van der Waals surface area (Å²) in [5, 5.41) is 0. The van der Waals surface area contributed by atoms with Crippen LogP contribution in [0.25, 0.3) is 0 Å². The van der Waals surface area contributed by atoms with E-state index in [4.69, 9.17) is 22.3 Å². The number of hydrogen-bond donors (Lipinski definition) is 2. The quantitative estimate of drug-likeness (QED) is 0.0986. The van der Waals surface area contributed by atoms with Gasteiger partial charge in [-0.25, -0.2) is 0 Å². The van der Waals surface area contributed by atoms with Crippen molar-refractivity contribution in [2.24, 2.45) is 0 Å². The van der Waals surface area contributed by atoms with Gasteiger partial charge >= 0.3 is 63.0 Å². The molecule has 0 atom stereocenters. The van der Waals surface area contributed by atoms with Crippen LogP contribution in [0, 0.1) is 0 Å². The Morgan fingerprint density at radius 2 is 0.688 bits per heavy atom. The summed E-state index contributed by atoms with van der Waals surface area (Å²) in [6.45, 7) is 6.57. The zero-order valence-electron chi connectivity index (χ0n) is 20.1. The summed E-state index contributed by atoms with van der Waals surface area (Å²) < 4.78 is 37.4. The minimum absolute atomic E-state index is 0. The third kappa shape index (κ3) is 53.1. The summed E-state index contributed by atoms with van der Waals surface area (Å²) in [6.07, 6.45) is 28.2. The molecule has 0 bridgehead atoms. The fourth-order valence-corrected chi connectivity index (χ4v) is 3.49. The number of hydrogen-bond acceptors (Lipinski definition) is 3. The molecule has 0 heterocycles. The molecule has 0 aromatic heterocycles. The third-order valence-electron chi connectivity index (χ3n) is 5.28. The van der Waals surface area contributed by atoms with Crippen molar-refractivity contribution in [2.75, 3.05) is 13.2 Å². The van der Waals surface area contributed by atoms with Crippen LogP contribution in [0.1, 0.15) is 142 Å². The van der Waals surface area contributed by atoms with Crippen LogP contribution >= 0.6 is 0 Å². The van der Waals surface area contributed by atoms with Crippen molar-refractivity contribution in [1.82, 2.24) is 0 Å².